The molecular weight excluding hydrogens is 188 g/mol. The van der Waals surface area contributed by atoms with Crippen LogP contribution in [0, 0.1) is 11.3 Å². The van der Waals surface area contributed by atoms with Crippen LogP contribution in [0.5, 0.6) is 0 Å². The molecule has 1 N–H and O–H groups in total. The summed E-state index contributed by atoms with van der Waals surface area (Å²) in [6.45, 7) is 4.81. The van der Waals surface area contributed by atoms with Crippen molar-refractivity contribution in [1.82, 2.24) is 10.4 Å². The molecule has 1 heterocycles. The topological polar surface area (TPSA) is 61.1 Å². The highest BCUT2D eigenvalue weighted by atomic mass is 15.3. The molecule has 1 aromatic heterocycles. The van der Waals surface area contributed by atoms with Crippen LogP contribution in [0.2, 0.25) is 0 Å². The minimum atomic E-state index is 0.421. The summed E-state index contributed by atoms with van der Waals surface area (Å²) in [7, 11) is 0. The predicted molar refractivity (Wildman–Crippen MR) is 59.5 cm³/mol. The van der Waals surface area contributed by atoms with Gasteiger partial charge in [-0.05, 0) is 25.5 Å². The van der Waals surface area contributed by atoms with E-state index in [4.69, 9.17) is 5.26 Å². The van der Waals surface area contributed by atoms with Crippen LogP contribution in [0.4, 0.5) is 0 Å². The number of pyridine rings is 1. The maximum atomic E-state index is 8.72. The third-order valence-corrected chi connectivity index (χ3v) is 1.91. The largest absolute Gasteiger partial charge is 0.310 e. The molecule has 0 aliphatic carbocycles. The molecule has 1 rings (SSSR count). The monoisotopic (exact) mass is 202 g/mol. The lowest BCUT2D eigenvalue weighted by atomic mass is 10.1. The van der Waals surface area contributed by atoms with Crippen molar-refractivity contribution in [2.75, 3.05) is 6.54 Å². The van der Waals surface area contributed by atoms with Crippen LogP contribution in [0.1, 0.15) is 31.5 Å². The summed E-state index contributed by atoms with van der Waals surface area (Å²) in [4.78, 5) is 3.92. The van der Waals surface area contributed by atoms with Gasteiger partial charge in [0.15, 0.2) is 0 Å². The molecule has 4 nitrogen and oxygen atoms in total. The van der Waals surface area contributed by atoms with Crippen LogP contribution in [0.25, 0.3) is 0 Å². The summed E-state index contributed by atoms with van der Waals surface area (Å²) in [6.07, 6.45) is 2.45. The molecule has 0 atom stereocenters. The lowest BCUT2D eigenvalue weighted by Crippen LogP contribution is -2.10. The molecule has 0 bridgehead atoms. The maximum Gasteiger partial charge on any atom is 0.141 e. The summed E-state index contributed by atoms with van der Waals surface area (Å²) in [5.74, 6) is 0. The normalized spacial score (nSPS) is 10.9. The zero-order valence-electron chi connectivity index (χ0n) is 8.99. The first-order valence-corrected chi connectivity index (χ1v) is 4.97. The summed E-state index contributed by atoms with van der Waals surface area (Å²) < 4.78 is 0. The maximum absolute atomic E-state index is 8.72. The number of nitriles is 1. The molecular formula is C11H14N4. The van der Waals surface area contributed by atoms with Gasteiger partial charge < -0.3 is 5.43 Å². The van der Waals surface area contributed by atoms with Crippen LogP contribution in [0.15, 0.2) is 23.4 Å². The van der Waals surface area contributed by atoms with Crippen molar-refractivity contribution in [1.29, 1.82) is 5.26 Å². The summed E-state index contributed by atoms with van der Waals surface area (Å²) in [5.41, 5.74) is 5.23. The lowest BCUT2D eigenvalue weighted by molar-refractivity contribution is 0.779. The Balaban J connectivity index is 2.97. The number of hydrogen-bond donors (Lipinski definition) is 1. The van der Waals surface area contributed by atoms with Crippen LogP contribution < -0.4 is 5.43 Å². The van der Waals surface area contributed by atoms with Gasteiger partial charge >= 0.3 is 0 Å². The first-order valence-electron chi connectivity index (χ1n) is 4.97. The second-order valence-electron chi connectivity index (χ2n) is 2.97. The van der Waals surface area contributed by atoms with E-state index in [1.165, 1.54) is 0 Å². The predicted octanol–water partition coefficient (Wildman–Crippen LogP) is 1.68. The third kappa shape index (κ3) is 3.06. The molecule has 78 valence electrons. The molecule has 0 amide bonds. The van der Waals surface area contributed by atoms with Crippen molar-refractivity contribution in [3.05, 3.63) is 29.6 Å². The van der Waals surface area contributed by atoms with E-state index in [2.05, 4.69) is 15.5 Å². The highest BCUT2D eigenvalue weighted by molar-refractivity contribution is 6.00. The first-order chi connectivity index (χ1) is 7.31. The SMILES string of the molecule is CCN/N=C(\CC)c1ccnc(C#N)c1. The zero-order chi connectivity index (χ0) is 11.1. The number of rotatable bonds is 4. The van der Waals surface area contributed by atoms with Gasteiger partial charge in [0, 0.05) is 18.3 Å². The van der Waals surface area contributed by atoms with Gasteiger partial charge in [0.05, 0.1) is 5.71 Å². The Labute approximate surface area is 89.6 Å². The van der Waals surface area contributed by atoms with Crippen LogP contribution in [-0.2, 0) is 0 Å². The summed E-state index contributed by atoms with van der Waals surface area (Å²) >= 11 is 0. The Morgan fingerprint density at radius 1 is 1.60 bits per heavy atom. The Hall–Kier alpha value is -1.89. The average Bonchev–Trinajstić information content (AvgIpc) is 2.30. The van der Waals surface area contributed by atoms with Crippen molar-refractivity contribution in [3.63, 3.8) is 0 Å². The highest BCUT2D eigenvalue weighted by Crippen LogP contribution is 2.05. The Morgan fingerprint density at radius 2 is 2.40 bits per heavy atom. The van der Waals surface area contributed by atoms with E-state index in [9.17, 15) is 0 Å². The van der Waals surface area contributed by atoms with Crippen LogP contribution >= 0.6 is 0 Å². The number of nitrogens with zero attached hydrogens (tertiary/aromatic N) is 3. The molecule has 0 unspecified atom stereocenters. The van der Waals surface area contributed by atoms with Gasteiger partial charge in [-0.15, -0.1) is 0 Å². The molecule has 0 saturated heterocycles. The standard InChI is InChI=1S/C11H14N4/c1-3-11(15-14-4-2)9-5-6-13-10(7-9)8-12/h5-7,14H,3-4H2,1-2H3/b15-11+. The second-order valence-corrected chi connectivity index (χ2v) is 2.97. The summed E-state index contributed by atoms with van der Waals surface area (Å²) in [5, 5.41) is 13.0. The number of nitrogens with one attached hydrogen (secondary N) is 1. The van der Waals surface area contributed by atoms with Crippen molar-refractivity contribution in [2.24, 2.45) is 5.10 Å². The van der Waals surface area contributed by atoms with Gasteiger partial charge in [-0.2, -0.15) is 10.4 Å². The molecule has 1 aromatic rings. The first kappa shape index (κ1) is 11.2. The Morgan fingerprint density at radius 3 is 3.00 bits per heavy atom. The fourth-order valence-corrected chi connectivity index (χ4v) is 1.19. The van der Waals surface area contributed by atoms with Crippen molar-refractivity contribution < 1.29 is 0 Å². The Bertz CT molecular complexity index is 390. The minimum Gasteiger partial charge on any atom is -0.310 e. The average molecular weight is 202 g/mol. The van der Waals surface area contributed by atoms with Crippen molar-refractivity contribution >= 4 is 5.71 Å². The van der Waals surface area contributed by atoms with Crippen LogP contribution in [0.3, 0.4) is 0 Å². The molecule has 0 aromatic carbocycles. The van der Waals surface area contributed by atoms with Gasteiger partial charge in [0.1, 0.15) is 11.8 Å². The molecule has 0 radical (unpaired) electrons. The quantitative estimate of drug-likeness (QED) is 0.597. The fourth-order valence-electron chi connectivity index (χ4n) is 1.19. The molecule has 15 heavy (non-hydrogen) atoms. The molecule has 0 saturated carbocycles. The Kier molecular flexibility index (Phi) is 4.30. The van der Waals surface area contributed by atoms with E-state index >= 15 is 0 Å². The van der Waals surface area contributed by atoms with E-state index in [1.54, 1.807) is 12.3 Å². The van der Waals surface area contributed by atoms with Gasteiger partial charge in [-0.25, -0.2) is 4.98 Å². The third-order valence-electron chi connectivity index (χ3n) is 1.91. The minimum absolute atomic E-state index is 0.421. The van der Waals surface area contributed by atoms with Gasteiger partial charge in [-0.3, -0.25) is 0 Å². The van der Waals surface area contributed by atoms with Crippen molar-refractivity contribution in [2.45, 2.75) is 20.3 Å². The zero-order valence-corrected chi connectivity index (χ0v) is 8.99. The molecule has 4 heteroatoms. The smallest absolute Gasteiger partial charge is 0.141 e. The van der Waals surface area contributed by atoms with E-state index in [0.717, 1.165) is 24.2 Å². The van der Waals surface area contributed by atoms with Gasteiger partial charge in [0.2, 0.25) is 0 Å². The number of hydrogen-bond acceptors (Lipinski definition) is 4. The van der Waals surface area contributed by atoms with Crippen molar-refractivity contribution in [3.8, 4) is 6.07 Å². The van der Waals surface area contributed by atoms with Gasteiger partial charge in [0.25, 0.3) is 0 Å². The van der Waals surface area contributed by atoms with E-state index < -0.39 is 0 Å². The van der Waals surface area contributed by atoms with E-state index in [0.29, 0.717) is 5.69 Å². The van der Waals surface area contributed by atoms with Gasteiger partial charge in [-0.1, -0.05) is 6.92 Å². The summed E-state index contributed by atoms with van der Waals surface area (Å²) in [6, 6.07) is 5.63. The molecule has 0 spiro atoms. The second kappa shape index (κ2) is 5.76. The van der Waals surface area contributed by atoms with E-state index in [-0.39, 0.29) is 0 Å². The molecule has 0 aliphatic heterocycles. The van der Waals surface area contributed by atoms with Crippen LogP contribution in [-0.4, -0.2) is 17.2 Å². The number of hydrazone groups is 1. The number of aromatic nitrogens is 1. The fraction of sp³-hybridized carbons (Fsp3) is 0.364. The van der Waals surface area contributed by atoms with E-state index in [1.807, 2.05) is 26.0 Å². The molecule has 0 aliphatic rings. The lowest BCUT2D eigenvalue weighted by Gasteiger charge is -2.04. The molecule has 0 fully saturated rings. The highest BCUT2D eigenvalue weighted by Gasteiger charge is 2.02.